The topological polar surface area (TPSA) is 43.4 Å². The summed E-state index contributed by atoms with van der Waals surface area (Å²) in [5.41, 5.74) is 0.740. The van der Waals surface area contributed by atoms with E-state index in [1.807, 2.05) is 18.2 Å². The highest BCUT2D eigenvalue weighted by molar-refractivity contribution is 9.10. The second-order valence-electron chi connectivity index (χ2n) is 2.82. The molecule has 5 heteroatoms. The van der Waals surface area contributed by atoms with Crippen LogP contribution < -0.4 is 0 Å². The number of hydrogen-bond acceptors (Lipinski definition) is 3. The summed E-state index contributed by atoms with van der Waals surface area (Å²) in [5, 5.41) is 1.12. The van der Waals surface area contributed by atoms with E-state index in [2.05, 4.69) is 15.9 Å². The van der Waals surface area contributed by atoms with Crippen molar-refractivity contribution in [3.63, 3.8) is 0 Å². The number of rotatable bonds is 4. The zero-order chi connectivity index (χ0) is 11.3. The Bertz CT molecular complexity index is 437. The fourth-order valence-corrected chi connectivity index (χ4v) is 2.05. The maximum Gasteiger partial charge on any atom is 0.185 e. The van der Waals surface area contributed by atoms with Crippen LogP contribution in [0.15, 0.2) is 35.7 Å². The van der Waals surface area contributed by atoms with Gasteiger partial charge in [-0.15, -0.1) is 0 Å². The lowest BCUT2D eigenvalue weighted by Crippen LogP contribution is -1.98. The second-order valence-corrected chi connectivity index (χ2v) is 5.98. The maximum atomic E-state index is 11.3. The first-order valence-electron chi connectivity index (χ1n) is 4.19. The lowest BCUT2D eigenvalue weighted by Gasteiger charge is -2.05. The van der Waals surface area contributed by atoms with E-state index in [1.54, 1.807) is 12.1 Å². The number of halogens is 1. The summed E-state index contributed by atoms with van der Waals surface area (Å²) in [4.78, 5) is 0. The number of methoxy groups -OCH3 is 1. The largest absolute Gasteiger partial charge is 0.495 e. The molecule has 0 aromatic heterocycles. The average Bonchev–Trinajstić information content (AvgIpc) is 2.27. The number of ether oxygens (including phenoxy) is 1. The van der Waals surface area contributed by atoms with Crippen molar-refractivity contribution < 1.29 is 13.2 Å². The third kappa shape index (κ3) is 3.68. The van der Waals surface area contributed by atoms with E-state index >= 15 is 0 Å². The first-order chi connectivity index (χ1) is 7.09. The van der Waals surface area contributed by atoms with Gasteiger partial charge >= 0.3 is 0 Å². The van der Waals surface area contributed by atoms with Gasteiger partial charge in [0.05, 0.1) is 12.5 Å². The van der Waals surface area contributed by atoms with Crippen LogP contribution >= 0.6 is 15.9 Å². The van der Waals surface area contributed by atoms with Crippen LogP contribution in [0.2, 0.25) is 0 Å². The minimum Gasteiger partial charge on any atom is -0.495 e. The molecule has 1 rings (SSSR count). The van der Waals surface area contributed by atoms with Crippen LogP contribution in [0.4, 0.5) is 0 Å². The first-order valence-corrected chi connectivity index (χ1v) is 7.02. The molecular weight excluding hydrogens is 280 g/mol. The van der Waals surface area contributed by atoms with Crippen molar-refractivity contribution in [3.05, 3.63) is 41.3 Å². The number of hydrogen-bond donors (Lipinski definition) is 0. The van der Waals surface area contributed by atoms with Gasteiger partial charge in [-0.2, -0.15) is 0 Å². The highest BCUT2D eigenvalue weighted by Gasteiger charge is 2.09. The van der Waals surface area contributed by atoms with Crippen LogP contribution in [0.5, 0.6) is 0 Å². The standard InChI is InChI=1S/C10H11BrO3S/c1-14-10(7-15(12,13)8-11)9-5-3-2-4-6-9/h2-7H,8H2,1H3. The normalized spacial score (nSPS) is 12.5. The van der Waals surface area contributed by atoms with Crippen molar-refractivity contribution in [2.24, 2.45) is 0 Å². The fraction of sp³-hybridized carbons (Fsp3) is 0.200. The molecule has 0 aliphatic rings. The molecule has 0 radical (unpaired) electrons. The summed E-state index contributed by atoms with van der Waals surface area (Å²) in [5.74, 6) is 0.343. The summed E-state index contributed by atoms with van der Waals surface area (Å²) in [7, 11) is -1.80. The van der Waals surface area contributed by atoms with Gasteiger partial charge in [-0.05, 0) is 0 Å². The zero-order valence-corrected chi connectivity index (χ0v) is 10.6. The Hall–Kier alpha value is -0.810. The van der Waals surface area contributed by atoms with Crippen LogP contribution in [-0.4, -0.2) is 20.2 Å². The predicted molar refractivity (Wildman–Crippen MR) is 64.1 cm³/mol. The quantitative estimate of drug-likeness (QED) is 0.632. The lowest BCUT2D eigenvalue weighted by molar-refractivity contribution is 0.370. The summed E-state index contributed by atoms with van der Waals surface area (Å²) in [6.45, 7) is 0. The maximum absolute atomic E-state index is 11.3. The van der Waals surface area contributed by atoms with E-state index in [0.29, 0.717) is 5.76 Å². The van der Waals surface area contributed by atoms with Gasteiger partial charge in [0.25, 0.3) is 0 Å². The highest BCUT2D eigenvalue weighted by atomic mass is 79.9. The average molecular weight is 291 g/mol. The fourth-order valence-electron chi connectivity index (χ4n) is 1.03. The molecule has 15 heavy (non-hydrogen) atoms. The third-order valence-corrected chi connectivity index (χ3v) is 4.51. The Labute approximate surface area is 97.8 Å². The monoisotopic (exact) mass is 290 g/mol. The SMILES string of the molecule is COC(=CS(=O)(=O)CBr)c1ccccc1. The molecule has 0 aliphatic carbocycles. The van der Waals surface area contributed by atoms with Gasteiger partial charge in [0.2, 0.25) is 0 Å². The molecule has 0 fully saturated rings. The predicted octanol–water partition coefficient (Wildman–Crippen LogP) is 2.40. The number of benzene rings is 1. The van der Waals surface area contributed by atoms with Gasteiger partial charge < -0.3 is 4.74 Å². The van der Waals surface area contributed by atoms with Crippen molar-refractivity contribution >= 4 is 31.5 Å². The Morgan fingerprint density at radius 1 is 1.40 bits per heavy atom. The van der Waals surface area contributed by atoms with Crippen LogP contribution in [0.1, 0.15) is 5.56 Å². The summed E-state index contributed by atoms with van der Waals surface area (Å²) >= 11 is 2.91. The highest BCUT2D eigenvalue weighted by Crippen LogP contribution is 2.16. The van der Waals surface area contributed by atoms with Crippen molar-refractivity contribution in [1.29, 1.82) is 0 Å². The lowest BCUT2D eigenvalue weighted by atomic mass is 10.2. The van der Waals surface area contributed by atoms with Crippen molar-refractivity contribution in [2.75, 3.05) is 11.8 Å². The van der Waals surface area contributed by atoms with Gasteiger partial charge in [0.1, 0.15) is 10.4 Å². The molecule has 0 bridgehead atoms. The van der Waals surface area contributed by atoms with Gasteiger partial charge in [-0.25, -0.2) is 8.42 Å². The molecule has 82 valence electrons. The van der Waals surface area contributed by atoms with Crippen LogP contribution in [-0.2, 0) is 14.6 Å². The molecule has 0 heterocycles. The molecule has 1 aromatic rings. The van der Waals surface area contributed by atoms with Gasteiger partial charge in [0.15, 0.2) is 9.84 Å². The molecular formula is C10H11BrO3S. The van der Waals surface area contributed by atoms with E-state index in [1.165, 1.54) is 7.11 Å². The summed E-state index contributed by atoms with van der Waals surface area (Å²) in [6.07, 6.45) is 0. The molecule has 1 aromatic carbocycles. The molecule has 0 amide bonds. The van der Waals surface area contributed by atoms with Gasteiger partial charge in [-0.3, -0.25) is 0 Å². The number of sulfone groups is 1. The Morgan fingerprint density at radius 2 is 2.00 bits per heavy atom. The molecule has 0 spiro atoms. The molecule has 0 N–H and O–H groups in total. The van der Waals surface area contributed by atoms with Crippen molar-refractivity contribution in [2.45, 2.75) is 0 Å². The third-order valence-electron chi connectivity index (χ3n) is 1.72. The summed E-state index contributed by atoms with van der Waals surface area (Å²) < 4.78 is 27.6. The molecule has 0 saturated carbocycles. The minimum atomic E-state index is -3.25. The van der Waals surface area contributed by atoms with Gasteiger partial charge in [0, 0.05) is 5.56 Å². The second kappa shape index (κ2) is 5.32. The Kier molecular flexibility index (Phi) is 4.35. The molecule has 3 nitrogen and oxygen atoms in total. The number of alkyl halides is 1. The van der Waals surface area contributed by atoms with Crippen LogP contribution in [0.25, 0.3) is 5.76 Å². The Morgan fingerprint density at radius 3 is 2.47 bits per heavy atom. The van der Waals surface area contributed by atoms with E-state index < -0.39 is 9.84 Å². The molecule has 0 unspecified atom stereocenters. The molecule has 0 saturated heterocycles. The molecule has 0 atom stereocenters. The van der Waals surface area contributed by atoms with Crippen molar-refractivity contribution in [1.82, 2.24) is 0 Å². The van der Waals surface area contributed by atoms with Crippen LogP contribution in [0, 0.1) is 0 Å². The zero-order valence-electron chi connectivity index (χ0n) is 8.18. The minimum absolute atomic E-state index is 0.111. The van der Waals surface area contributed by atoms with E-state index in [-0.39, 0.29) is 4.66 Å². The molecule has 0 aliphatic heterocycles. The van der Waals surface area contributed by atoms with E-state index in [0.717, 1.165) is 11.0 Å². The first kappa shape index (κ1) is 12.3. The van der Waals surface area contributed by atoms with Crippen molar-refractivity contribution in [3.8, 4) is 0 Å². The van der Waals surface area contributed by atoms with Crippen LogP contribution in [0.3, 0.4) is 0 Å². The van der Waals surface area contributed by atoms with E-state index in [4.69, 9.17) is 4.74 Å². The summed E-state index contributed by atoms with van der Waals surface area (Å²) in [6, 6.07) is 9.08. The smallest absolute Gasteiger partial charge is 0.185 e. The Balaban J connectivity index is 3.11. The van der Waals surface area contributed by atoms with E-state index in [9.17, 15) is 8.42 Å². The van der Waals surface area contributed by atoms with Gasteiger partial charge in [-0.1, -0.05) is 46.3 Å².